The van der Waals surface area contributed by atoms with E-state index in [0.29, 0.717) is 0 Å². The van der Waals surface area contributed by atoms with Crippen molar-refractivity contribution in [1.82, 2.24) is 4.90 Å². The highest BCUT2D eigenvalue weighted by molar-refractivity contribution is 6.04. The van der Waals surface area contributed by atoms with Crippen LogP contribution < -0.4 is 5.32 Å². The molecule has 2 aromatic rings. The molecule has 0 spiro atoms. The molecular formula is C22H21F5N2O. The number of benzene rings is 2. The Morgan fingerprint density at radius 2 is 1.73 bits per heavy atom. The Morgan fingerprint density at radius 1 is 1.07 bits per heavy atom. The van der Waals surface area contributed by atoms with Gasteiger partial charge in [0.25, 0.3) is 5.91 Å². The summed E-state index contributed by atoms with van der Waals surface area (Å²) in [5.41, 5.74) is -0.990. The standard InChI is InChI=1S/C22H21F5N2O/c1-4-7-15(22(25,26)27)13-20(29(2)3)14-10-11-19(18(24)12-14)28-21(30)16-8-5-6-9-17(16)23/h5-13H,4H2,1-3H3,(H,28,30)/b15-7-,20-13-. The van der Waals surface area contributed by atoms with Crippen LogP contribution in [0.4, 0.5) is 27.6 Å². The lowest BCUT2D eigenvalue weighted by Crippen LogP contribution is -2.16. The van der Waals surface area contributed by atoms with Crippen molar-refractivity contribution < 1.29 is 26.7 Å². The van der Waals surface area contributed by atoms with Gasteiger partial charge in [-0.25, -0.2) is 8.78 Å². The number of rotatable bonds is 6. The highest BCUT2D eigenvalue weighted by atomic mass is 19.4. The Kier molecular flexibility index (Phi) is 7.37. The van der Waals surface area contributed by atoms with Crippen LogP contribution in [0.25, 0.3) is 5.70 Å². The third-order valence-electron chi connectivity index (χ3n) is 4.16. The largest absolute Gasteiger partial charge is 0.416 e. The molecule has 0 aliphatic rings. The summed E-state index contributed by atoms with van der Waals surface area (Å²) in [6.45, 7) is 1.58. The van der Waals surface area contributed by atoms with Crippen LogP contribution in [0.15, 0.2) is 60.2 Å². The molecule has 0 atom stereocenters. The lowest BCUT2D eigenvalue weighted by Gasteiger charge is -2.20. The van der Waals surface area contributed by atoms with Crippen LogP contribution in [0.5, 0.6) is 0 Å². The Morgan fingerprint density at radius 3 is 2.27 bits per heavy atom. The SMILES string of the molecule is CC/C=C(/C=C(/c1ccc(NC(=O)c2ccccc2F)c(F)c1)N(C)C)C(F)(F)F. The molecule has 0 aliphatic heterocycles. The molecule has 1 N–H and O–H groups in total. The molecule has 0 unspecified atom stereocenters. The number of nitrogens with one attached hydrogen (secondary N) is 1. The maximum atomic E-state index is 14.6. The number of halogens is 5. The number of alkyl halides is 3. The zero-order chi connectivity index (χ0) is 22.5. The van der Waals surface area contributed by atoms with Gasteiger partial charge in [-0.3, -0.25) is 4.79 Å². The molecule has 2 rings (SSSR count). The molecule has 160 valence electrons. The summed E-state index contributed by atoms with van der Waals surface area (Å²) in [6, 6.07) is 8.85. The number of hydrogen-bond donors (Lipinski definition) is 1. The van der Waals surface area contributed by atoms with Crippen molar-refractivity contribution in [2.24, 2.45) is 0 Å². The number of anilines is 1. The van der Waals surface area contributed by atoms with Crippen LogP contribution in [0.1, 0.15) is 29.3 Å². The quantitative estimate of drug-likeness (QED) is 0.454. The summed E-state index contributed by atoms with van der Waals surface area (Å²) in [6.07, 6.45) is -2.39. The molecule has 0 fully saturated rings. The third kappa shape index (κ3) is 5.68. The van der Waals surface area contributed by atoms with Crippen molar-refractivity contribution in [2.45, 2.75) is 19.5 Å². The Balaban J connectivity index is 2.38. The maximum absolute atomic E-state index is 14.6. The van der Waals surface area contributed by atoms with Gasteiger partial charge in [0.05, 0.1) is 16.8 Å². The van der Waals surface area contributed by atoms with E-state index < -0.39 is 29.3 Å². The van der Waals surface area contributed by atoms with Crippen LogP contribution in [0.2, 0.25) is 0 Å². The van der Waals surface area contributed by atoms with Gasteiger partial charge < -0.3 is 10.2 Å². The lowest BCUT2D eigenvalue weighted by molar-refractivity contribution is -0.0884. The summed E-state index contributed by atoms with van der Waals surface area (Å²) in [5, 5.41) is 2.27. The fourth-order valence-electron chi connectivity index (χ4n) is 2.71. The van der Waals surface area contributed by atoms with E-state index in [-0.39, 0.29) is 28.9 Å². The first-order valence-corrected chi connectivity index (χ1v) is 9.06. The van der Waals surface area contributed by atoms with Crippen molar-refractivity contribution in [1.29, 1.82) is 0 Å². The predicted octanol–water partition coefficient (Wildman–Crippen LogP) is 6.02. The molecular weight excluding hydrogens is 403 g/mol. The van der Waals surface area contributed by atoms with Crippen LogP contribution in [0.3, 0.4) is 0 Å². The molecule has 0 saturated heterocycles. The first kappa shape index (κ1) is 23.1. The summed E-state index contributed by atoms with van der Waals surface area (Å²) < 4.78 is 68.0. The summed E-state index contributed by atoms with van der Waals surface area (Å²) in [7, 11) is 3.08. The predicted molar refractivity (Wildman–Crippen MR) is 107 cm³/mol. The normalized spacial score (nSPS) is 12.7. The average molecular weight is 424 g/mol. The molecule has 0 saturated carbocycles. The van der Waals surface area contributed by atoms with E-state index in [1.807, 2.05) is 0 Å². The van der Waals surface area contributed by atoms with Crippen molar-refractivity contribution in [3.05, 3.63) is 83.0 Å². The van der Waals surface area contributed by atoms with Gasteiger partial charge in [-0.1, -0.05) is 31.2 Å². The first-order valence-electron chi connectivity index (χ1n) is 9.06. The average Bonchev–Trinajstić information content (AvgIpc) is 2.66. The molecule has 0 heterocycles. The summed E-state index contributed by atoms with van der Waals surface area (Å²) in [4.78, 5) is 13.6. The van der Waals surface area contributed by atoms with E-state index >= 15 is 0 Å². The highest BCUT2D eigenvalue weighted by Gasteiger charge is 2.32. The van der Waals surface area contributed by atoms with E-state index in [1.165, 1.54) is 49.3 Å². The minimum Gasteiger partial charge on any atom is -0.377 e. The van der Waals surface area contributed by atoms with E-state index in [1.54, 1.807) is 6.92 Å². The van der Waals surface area contributed by atoms with Gasteiger partial charge in [-0.05, 0) is 36.8 Å². The van der Waals surface area contributed by atoms with Gasteiger partial charge in [0.2, 0.25) is 0 Å². The summed E-state index contributed by atoms with van der Waals surface area (Å²) in [5.74, 6) is -2.46. The number of carbonyl (C=O) groups excluding carboxylic acids is 1. The van der Waals surface area contributed by atoms with E-state index in [4.69, 9.17) is 0 Å². The molecule has 3 nitrogen and oxygen atoms in total. The molecule has 0 aromatic heterocycles. The van der Waals surface area contributed by atoms with Crippen LogP contribution in [-0.4, -0.2) is 31.1 Å². The Bertz CT molecular complexity index is 978. The molecule has 0 radical (unpaired) electrons. The minimum atomic E-state index is -4.55. The Hall–Kier alpha value is -3.16. The molecule has 0 bridgehead atoms. The van der Waals surface area contributed by atoms with Crippen molar-refractivity contribution in [3.63, 3.8) is 0 Å². The number of nitrogens with zero attached hydrogens (tertiary/aromatic N) is 1. The monoisotopic (exact) mass is 424 g/mol. The topological polar surface area (TPSA) is 32.3 Å². The van der Waals surface area contributed by atoms with Gasteiger partial charge in [0.15, 0.2) is 0 Å². The first-order chi connectivity index (χ1) is 14.0. The van der Waals surface area contributed by atoms with Gasteiger partial charge >= 0.3 is 6.18 Å². The van der Waals surface area contributed by atoms with Crippen molar-refractivity contribution in [3.8, 4) is 0 Å². The second-order valence-corrected chi connectivity index (χ2v) is 6.62. The van der Waals surface area contributed by atoms with Crippen LogP contribution in [-0.2, 0) is 0 Å². The summed E-state index contributed by atoms with van der Waals surface area (Å²) >= 11 is 0. The smallest absolute Gasteiger partial charge is 0.377 e. The highest BCUT2D eigenvalue weighted by Crippen LogP contribution is 2.31. The number of carbonyl (C=O) groups is 1. The Labute approximate surface area is 171 Å². The van der Waals surface area contributed by atoms with E-state index in [9.17, 15) is 26.7 Å². The van der Waals surface area contributed by atoms with Crippen LogP contribution >= 0.6 is 0 Å². The molecule has 1 amide bonds. The molecule has 30 heavy (non-hydrogen) atoms. The minimum absolute atomic E-state index is 0.137. The van der Waals surface area contributed by atoms with Gasteiger partial charge in [-0.15, -0.1) is 0 Å². The lowest BCUT2D eigenvalue weighted by atomic mass is 10.1. The van der Waals surface area contributed by atoms with E-state index in [0.717, 1.165) is 24.3 Å². The zero-order valence-corrected chi connectivity index (χ0v) is 16.6. The van der Waals surface area contributed by atoms with Gasteiger partial charge in [-0.2, -0.15) is 13.2 Å². The van der Waals surface area contributed by atoms with Crippen LogP contribution in [0, 0.1) is 11.6 Å². The number of hydrogen-bond acceptors (Lipinski definition) is 2. The second-order valence-electron chi connectivity index (χ2n) is 6.62. The van der Waals surface area contributed by atoms with Crippen molar-refractivity contribution >= 4 is 17.3 Å². The van der Waals surface area contributed by atoms with Gasteiger partial charge in [0.1, 0.15) is 11.6 Å². The third-order valence-corrected chi connectivity index (χ3v) is 4.16. The fraction of sp³-hybridized carbons (Fsp3) is 0.227. The van der Waals surface area contributed by atoms with Gasteiger partial charge in [0, 0.05) is 25.4 Å². The number of allylic oxidation sites excluding steroid dienone is 3. The maximum Gasteiger partial charge on any atom is 0.416 e. The fourth-order valence-corrected chi connectivity index (χ4v) is 2.71. The van der Waals surface area contributed by atoms with E-state index in [2.05, 4.69) is 5.32 Å². The second kappa shape index (κ2) is 9.56. The molecule has 2 aromatic carbocycles. The molecule has 8 heteroatoms. The van der Waals surface area contributed by atoms with Crippen molar-refractivity contribution in [2.75, 3.05) is 19.4 Å². The molecule has 0 aliphatic carbocycles. The number of amides is 1. The zero-order valence-electron chi connectivity index (χ0n) is 16.6.